The molecule has 2 heteroatoms. The van der Waals surface area contributed by atoms with E-state index in [9.17, 15) is 0 Å². The highest BCUT2D eigenvalue weighted by molar-refractivity contribution is 5.38. The zero-order chi connectivity index (χ0) is 7.68. The third kappa shape index (κ3) is 1.07. The molecule has 0 atom stereocenters. The second-order valence-corrected chi connectivity index (χ2v) is 2.60. The molecular weight excluding hydrogens is 138 g/mol. The summed E-state index contributed by atoms with van der Waals surface area (Å²) >= 11 is 0. The summed E-state index contributed by atoms with van der Waals surface area (Å²) in [4.78, 5) is 0. The quantitative estimate of drug-likeness (QED) is 0.602. The lowest BCUT2D eigenvalue weighted by atomic mass is 10.1. The van der Waals surface area contributed by atoms with Gasteiger partial charge in [-0.3, -0.25) is 0 Å². The SMILES string of the molecule is NC1=COc2ccccc2C1. The number of hydrogen-bond acceptors (Lipinski definition) is 2. The largest absolute Gasteiger partial charge is 0.463 e. The fraction of sp³-hybridized carbons (Fsp3) is 0.111. The van der Waals surface area contributed by atoms with Crippen LogP contribution in [0, 0.1) is 0 Å². The second kappa shape index (κ2) is 2.31. The molecule has 0 fully saturated rings. The van der Waals surface area contributed by atoms with E-state index in [2.05, 4.69) is 0 Å². The van der Waals surface area contributed by atoms with Gasteiger partial charge in [-0.25, -0.2) is 0 Å². The van der Waals surface area contributed by atoms with Crippen LogP contribution in [0.4, 0.5) is 0 Å². The van der Waals surface area contributed by atoms with E-state index >= 15 is 0 Å². The van der Waals surface area contributed by atoms with E-state index < -0.39 is 0 Å². The maximum Gasteiger partial charge on any atom is 0.130 e. The summed E-state index contributed by atoms with van der Waals surface area (Å²) in [5.74, 6) is 0.918. The van der Waals surface area contributed by atoms with Gasteiger partial charge in [-0.05, 0) is 6.07 Å². The van der Waals surface area contributed by atoms with Gasteiger partial charge >= 0.3 is 0 Å². The Bertz CT molecular complexity index is 304. The van der Waals surface area contributed by atoms with Crippen LogP contribution in [0.2, 0.25) is 0 Å². The van der Waals surface area contributed by atoms with Crippen LogP contribution in [0.25, 0.3) is 0 Å². The van der Waals surface area contributed by atoms with Crippen molar-refractivity contribution in [3.8, 4) is 5.75 Å². The molecule has 0 aliphatic carbocycles. The lowest BCUT2D eigenvalue weighted by molar-refractivity contribution is 0.456. The number of ether oxygens (including phenoxy) is 1. The number of rotatable bonds is 0. The summed E-state index contributed by atoms with van der Waals surface area (Å²) < 4.78 is 5.25. The molecule has 56 valence electrons. The summed E-state index contributed by atoms with van der Waals surface area (Å²) in [6, 6.07) is 7.91. The van der Waals surface area contributed by atoms with Crippen molar-refractivity contribution in [2.24, 2.45) is 5.73 Å². The van der Waals surface area contributed by atoms with E-state index in [1.54, 1.807) is 6.26 Å². The van der Waals surface area contributed by atoms with Crippen LogP contribution in [0.3, 0.4) is 0 Å². The summed E-state index contributed by atoms with van der Waals surface area (Å²) in [6.45, 7) is 0. The maximum absolute atomic E-state index is 5.59. The van der Waals surface area contributed by atoms with Gasteiger partial charge in [0, 0.05) is 17.7 Å². The molecule has 0 radical (unpaired) electrons. The number of para-hydroxylation sites is 1. The molecule has 0 saturated heterocycles. The van der Waals surface area contributed by atoms with Crippen LogP contribution in [0.1, 0.15) is 5.56 Å². The number of allylic oxidation sites excluding steroid dienone is 1. The Morgan fingerprint density at radius 1 is 1.27 bits per heavy atom. The van der Waals surface area contributed by atoms with Crippen LogP contribution >= 0.6 is 0 Å². The lowest BCUT2D eigenvalue weighted by Gasteiger charge is -2.13. The molecule has 1 heterocycles. The van der Waals surface area contributed by atoms with Crippen LogP contribution < -0.4 is 10.5 Å². The minimum atomic E-state index is 0.781. The van der Waals surface area contributed by atoms with Gasteiger partial charge in [0.1, 0.15) is 12.0 Å². The Labute approximate surface area is 65.3 Å². The molecule has 1 aromatic rings. The molecule has 2 nitrogen and oxygen atoms in total. The molecule has 0 unspecified atom stereocenters. The van der Waals surface area contributed by atoms with Gasteiger partial charge in [0.15, 0.2) is 0 Å². The predicted molar refractivity (Wildman–Crippen MR) is 43.0 cm³/mol. The van der Waals surface area contributed by atoms with Crippen molar-refractivity contribution in [2.45, 2.75) is 6.42 Å². The summed E-state index contributed by atoms with van der Waals surface area (Å²) in [6.07, 6.45) is 2.40. The summed E-state index contributed by atoms with van der Waals surface area (Å²) in [5, 5.41) is 0. The fourth-order valence-electron chi connectivity index (χ4n) is 1.17. The molecule has 1 aliphatic rings. The molecule has 0 bridgehead atoms. The lowest BCUT2D eigenvalue weighted by Crippen LogP contribution is -2.08. The number of benzene rings is 1. The highest BCUT2D eigenvalue weighted by atomic mass is 16.5. The maximum atomic E-state index is 5.59. The van der Waals surface area contributed by atoms with E-state index in [1.165, 1.54) is 0 Å². The molecular formula is C9H9NO. The van der Waals surface area contributed by atoms with Crippen LogP contribution in [-0.4, -0.2) is 0 Å². The summed E-state index contributed by atoms with van der Waals surface area (Å²) in [5.41, 5.74) is 7.53. The van der Waals surface area contributed by atoms with Crippen molar-refractivity contribution >= 4 is 0 Å². The van der Waals surface area contributed by atoms with Crippen molar-refractivity contribution in [2.75, 3.05) is 0 Å². The van der Waals surface area contributed by atoms with Crippen molar-refractivity contribution in [1.29, 1.82) is 0 Å². The van der Waals surface area contributed by atoms with E-state index in [-0.39, 0.29) is 0 Å². The van der Waals surface area contributed by atoms with E-state index in [1.807, 2.05) is 24.3 Å². The molecule has 1 aromatic carbocycles. The Balaban J connectivity index is 2.42. The first-order valence-corrected chi connectivity index (χ1v) is 3.55. The average molecular weight is 147 g/mol. The van der Waals surface area contributed by atoms with E-state index in [0.717, 1.165) is 23.4 Å². The van der Waals surface area contributed by atoms with Gasteiger partial charge < -0.3 is 10.5 Å². The van der Waals surface area contributed by atoms with Crippen LogP contribution in [0.15, 0.2) is 36.2 Å². The molecule has 0 saturated carbocycles. The second-order valence-electron chi connectivity index (χ2n) is 2.60. The van der Waals surface area contributed by atoms with Gasteiger partial charge in [-0.15, -0.1) is 0 Å². The Kier molecular flexibility index (Phi) is 1.32. The normalized spacial score (nSPS) is 14.7. The van der Waals surface area contributed by atoms with Crippen molar-refractivity contribution < 1.29 is 4.74 Å². The molecule has 0 aromatic heterocycles. The molecule has 0 amide bonds. The molecule has 1 aliphatic heterocycles. The number of nitrogens with two attached hydrogens (primary N) is 1. The third-order valence-corrected chi connectivity index (χ3v) is 1.70. The topological polar surface area (TPSA) is 35.2 Å². The zero-order valence-corrected chi connectivity index (χ0v) is 6.08. The van der Waals surface area contributed by atoms with Crippen molar-refractivity contribution in [3.05, 3.63) is 41.8 Å². The monoisotopic (exact) mass is 147 g/mol. The Morgan fingerprint density at radius 3 is 3.00 bits per heavy atom. The fourth-order valence-corrected chi connectivity index (χ4v) is 1.17. The smallest absolute Gasteiger partial charge is 0.130 e. The van der Waals surface area contributed by atoms with Gasteiger partial charge in [-0.2, -0.15) is 0 Å². The van der Waals surface area contributed by atoms with Gasteiger partial charge in [-0.1, -0.05) is 18.2 Å². The number of hydrogen-bond donors (Lipinski definition) is 1. The van der Waals surface area contributed by atoms with Gasteiger partial charge in [0.05, 0.1) is 0 Å². The van der Waals surface area contributed by atoms with Crippen LogP contribution in [0.5, 0.6) is 5.75 Å². The molecule has 0 spiro atoms. The van der Waals surface area contributed by atoms with E-state index in [4.69, 9.17) is 10.5 Å². The molecule has 2 rings (SSSR count). The Hall–Kier alpha value is -1.44. The van der Waals surface area contributed by atoms with Crippen molar-refractivity contribution in [1.82, 2.24) is 0 Å². The minimum absolute atomic E-state index is 0.781. The zero-order valence-electron chi connectivity index (χ0n) is 6.08. The first-order valence-electron chi connectivity index (χ1n) is 3.55. The minimum Gasteiger partial charge on any atom is -0.463 e. The Morgan fingerprint density at radius 2 is 2.09 bits per heavy atom. The van der Waals surface area contributed by atoms with Gasteiger partial charge in [0.2, 0.25) is 0 Å². The highest BCUT2D eigenvalue weighted by Crippen LogP contribution is 2.23. The molecule has 11 heavy (non-hydrogen) atoms. The van der Waals surface area contributed by atoms with Gasteiger partial charge in [0.25, 0.3) is 0 Å². The first-order chi connectivity index (χ1) is 5.36. The third-order valence-electron chi connectivity index (χ3n) is 1.70. The molecule has 2 N–H and O–H groups in total. The first kappa shape index (κ1) is 6.28. The summed E-state index contributed by atoms with van der Waals surface area (Å²) in [7, 11) is 0. The van der Waals surface area contributed by atoms with E-state index in [0.29, 0.717) is 0 Å². The van der Waals surface area contributed by atoms with Crippen molar-refractivity contribution in [3.63, 3.8) is 0 Å². The van der Waals surface area contributed by atoms with Crippen LogP contribution in [-0.2, 0) is 6.42 Å². The number of fused-ring (bicyclic) bond motifs is 1. The standard InChI is InChI=1S/C9H9NO/c10-8-5-7-3-1-2-4-9(7)11-6-8/h1-4,6H,5,10H2. The average Bonchev–Trinajstić information content (AvgIpc) is 2.04. The predicted octanol–water partition coefficient (Wildman–Crippen LogP) is 1.42. The highest BCUT2D eigenvalue weighted by Gasteiger charge is 2.07.